The maximum absolute atomic E-state index is 15.0. The molecule has 1 aliphatic carbocycles. The van der Waals surface area contributed by atoms with Crippen molar-refractivity contribution in [1.82, 2.24) is 0 Å². The zero-order valence-electron chi connectivity index (χ0n) is 23.7. The average molecular weight is 641 g/mol. The molecule has 0 atom stereocenters. The Morgan fingerprint density at radius 3 is 1.41 bits per heavy atom. The lowest BCUT2D eigenvalue weighted by molar-refractivity contribution is 0.352. The minimum absolute atomic E-state index is 0.169. The van der Waals surface area contributed by atoms with Crippen molar-refractivity contribution < 1.29 is 34.6 Å². The van der Waals surface area contributed by atoms with Gasteiger partial charge in [-0.2, -0.15) is 8.42 Å². The fraction of sp³-hybridized carbons (Fsp3) is 0.0270. The summed E-state index contributed by atoms with van der Waals surface area (Å²) in [5, 5.41) is 0. The van der Waals surface area contributed by atoms with Crippen LogP contribution in [0.1, 0.15) is 11.1 Å². The molecular weight excluding hydrogens is 619 g/mol. The predicted molar refractivity (Wildman–Crippen MR) is 165 cm³/mol. The minimum Gasteiger partial charge on any atom is -0.378 e. The van der Waals surface area contributed by atoms with Crippen LogP contribution in [0.4, 0.5) is 22.0 Å². The van der Waals surface area contributed by atoms with Crippen LogP contribution >= 0.6 is 0 Å². The van der Waals surface area contributed by atoms with Gasteiger partial charge in [0.25, 0.3) is 0 Å². The van der Waals surface area contributed by atoms with Crippen LogP contribution in [0.5, 0.6) is 5.75 Å². The Kier molecular flexibility index (Phi) is 7.21. The third-order valence-corrected chi connectivity index (χ3v) is 9.25. The van der Waals surface area contributed by atoms with Crippen LogP contribution in [-0.2, 0) is 16.5 Å². The highest BCUT2D eigenvalue weighted by Gasteiger charge is 2.39. The SMILES string of the molecule is O=S(=O)(Oc1c2c(c(-c3ccccc3)c(-c3ccccc3)c1-c1ccccc1)-c1ccccc1C2)c1c(F)c(F)c(F)c(F)c1F. The summed E-state index contributed by atoms with van der Waals surface area (Å²) in [4.78, 5) is -2.07. The van der Waals surface area contributed by atoms with Gasteiger partial charge in [-0.25, -0.2) is 22.0 Å². The molecule has 0 heterocycles. The van der Waals surface area contributed by atoms with Crippen molar-refractivity contribution in [1.29, 1.82) is 0 Å². The van der Waals surface area contributed by atoms with E-state index in [1.165, 1.54) is 0 Å². The molecule has 0 saturated carbocycles. The largest absolute Gasteiger partial charge is 0.378 e. The lowest BCUT2D eigenvalue weighted by Crippen LogP contribution is -2.19. The monoisotopic (exact) mass is 640 g/mol. The molecule has 7 rings (SSSR count). The van der Waals surface area contributed by atoms with Crippen LogP contribution in [0.3, 0.4) is 0 Å². The van der Waals surface area contributed by atoms with Crippen molar-refractivity contribution in [2.24, 2.45) is 0 Å². The Morgan fingerprint density at radius 1 is 0.478 bits per heavy atom. The highest BCUT2D eigenvalue weighted by atomic mass is 32.2. The van der Waals surface area contributed by atoms with Gasteiger partial charge in [-0.15, -0.1) is 0 Å². The van der Waals surface area contributed by atoms with E-state index in [1.54, 1.807) is 30.3 Å². The zero-order valence-corrected chi connectivity index (χ0v) is 24.5. The Labute approximate surface area is 261 Å². The highest BCUT2D eigenvalue weighted by molar-refractivity contribution is 7.87. The second-order valence-electron chi connectivity index (χ2n) is 10.7. The summed E-state index contributed by atoms with van der Waals surface area (Å²) < 4.78 is 106. The molecule has 0 spiro atoms. The summed E-state index contributed by atoms with van der Waals surface area (Å²) in [5.74, 6) is -12.6. The number of fused-ring (bicyclic) bond motifs is 3. The van der Waals surface area contributed by atoms with E-state index in [9.17, 15) is 30.4 Å². The second-order valence-corrected chi connectivity index (χ2v) is 12.2. The first kappa shape index (κ1) is 29.4. The average Bonchev–Trinajstić information content (AvgIpc) is 3.47. The molecule has 46 heavy (non-hydrogen) atoms. The first-order valence-corrected chi connectivity index (χ1v) is 15.5. The van der Waals surface area contributed by atoms with E-state index in [2.05, 4.69) is 0 Å². The molecule has 0 aliphatic heterocycles. The van der Waals surface area contributed by atoms with E-state index in [0.29, 0.717) is 27.8 Å². The zero-order chi connectivity index (χ0) is 32.2. The van der Waals surface area contributed by atoms with Gasteiger partial charge in [0.15, 0.2) is 33.9 Å². The van der Waals surface area contributed by atoms with E-state index in [4.69, 9.17) is 4.18 Å². The minimum atomic E-state index is -5.65. The molecule has 0 N–H and O–H groups in total. The maximum Gasteiger partial charge on any atom is 0.345 e. The highest BCUT2D eigenvalue weighted by Crippen LogP contribution is 2.56. The summed E-state index contributed by atoms with van der Waals surface area (Å²) in [6.45, 7) is 0. The van der Waals surface area contributed by atoms with Gasteiger partial charge in [0, 0.05) is 23.1 Å². The number of hydrogen-bond acceptors (Lipinski definition) is 3. The van der Waals surface area contributed by atoms with Crippen LogP contribution in [0, 0.1) is 29.1 Å². The third-order valence-electron chi connectivity index (χ3n) is 8.01. The number of benzene rings is 6. The standard InChI is InChI=1S/C37H21F5O3S/c38-31-32(39)34(41)37(35(42)33(31)40)46(43,44)45-36-26-20-24-18-10-11-19-25(24)30(26)28(22-14-6-2-7-15-22)27(21-12-4-1-5-13-21)29(36)23-16-8-3-9-17-23/h1-19H,20H2. The van der Waals surface area contributed by atoms with Gasteiger partial charge < -0.3 is 4.18 Å². The van der Waals surface area contributed by atoms with E-state index in [-0.39, 0.29) is 17.7 Å². The molecule has 9 heteroatoms. The Morgan fingerprint density at radius 2 is 0.891 bits per heavy atom. The molecule has 6 aromatic rings. The Hall–Kier alpha value is -5.28. The molecule has 0 unspecified atom stereocenters. The molecule has 0 aromatic heterocycles. The molecule has 0 amide bonds. The van der Waals surface area contributed by atoms with Gasteiger partial charge in [0.1, 0.15) is 0 Å². The molecule has 3 nitrogen and oxygen atoms in total. The second kappa shape index (κ2) is 11.3. The number of hydrogen-bond donors (Lipinski definition) is 0. The van der Waals surface area contributed by atoms with Crippen molar-refractivity contribution in [3.05, 3.63) is 155 Å². The van der Waals surface area contributed by atoms with E-state index < -0.39 is 44.1 Å². The van der Waals surface area contributed by atoms with Crippen molar-refractivity contribution in [3.8, 4) is 50.3 Å². The molecule has 0 saturated heterocycles. The quantitative estimate of drug-likeness (QED) is 0.0787. The van der Waals surface area contributed by atoms with Crippen LogP contribution < -0.4 is 4.18 Å². The molecule has 0 fully saturated rings. The van der Waals surface area contributed by atoms with Crippen molar-refractivity contribution in [3.63, 3.8) is 0 Å². The Balaban J connectivity index is 1.65. The predicted octanol–water partition coefficient (Wildman–Crippen LogP) is 9.72. The first-order valence-electron chi connectivity index (χ1n) is 14.1. The topological polar surface area (TPSA) is 43.4 Å². The molecular formula is C37H21F5O3S. The van der Waals surface area contributed by atoms with E-state index in [1.807, 2.05) is 84.9 Å². The molecule has 228 valence electrons. The summed E-state index contributed by atoms with van der Waals surface area (Å²) in [7, 11) is -5.65. The van der Waals surface area contributed by atoms with Gasteiger partial charge in [-0.3, -0.25) is 0 Å². The fourth-order valence-corrected chi connectivity index (χ4v) is 7.17. The summed E-state index contributed by atoms with van der Waals surface area (Å²) in [5.41, 5.74) is 6.18. The molecule has 0 radical (unpaired) electrons. The van der Waals surface area contributed by atoms with E-state index >= 15 is 0 Å². The van der Waals surface area contributed by atoms with Crippen molar-refractivity contribution in [2.45, 2.75) is 11.3 Å². The molecule has 6 aromatic carbocycles. The fourth-order valence-electron chi connectivity index (χ4n) is 6.07. The van der Waals surface area contributed by atoms with Gasteiger partial charge >= 0.3 is 10.1 Å². The van der Waals surface area contributed by atoms with Crippen LogP contribution in [0.2, 0.25) is 0 Å². The van der Waals surface area contributed by atoms with Gasteiger partial charge in [0.2, 0.25) is 5.82 Å². The smallest absolute Gasteiger partial charge is 0.345 e. The van der Waals surface area contributed by atoms with Crippen LogP contribution in [0.25, 0.3) is 44.5 Å². The lowest BCUT2D eigenvalue weighted by Gasteiger charge is -2.25. The van der Waals surface area contributed by atoms with E-state index in [0.717, 1.165) is 22.3 Å². The summed E-state index contributed by atoms with van der Waals surface area (Å²) in [6, 6.07) is 34.7. The summed E-state index contributed by atoms with van der Waals surface area (Å²) >= 11 is 0. The first-order chi connectivity index (χ1) is 22.2. The number of rotatable bonds is 6. The van der Waals surface area contributed by atoms with Crippen molar-refractivity contribution >= 4 is 10.1 Å². The molecule has 1 aliphatic rings. The van der Waals surface area contributed by atoms with Crippen LogP contribution in [-0.4, -0.2) is 8.42 Å². The van der Waals surface area contributed by atoms with Gasteiger partial charge in [-0.05, 0) is 38.9 Å². The normalized spacial score (nSPS) is 12.1. The van der Waals surface area contributed by atoms with Crippen LogP contribution in [0.15, 0.2) is 120 Å². The summed E-state index contributed by atoms with van der Waals surface area (Å²) in [6.07, 6.45) is 0.169. The Bertz CT molecular complexity index is 2230. The van der Waals surface area contributed by atoms with Gasteiger partial charge in [-0.1, -0.05) is 115 Å². The third kappa shape index (κ3) is 4.66. The maximum atomic E-state index is 15.0. The van der Waals surface area contributed by atoms with Crippen molar-refractivity contribution in [2.75, 3.05) is 0 Å². The molecule has 0 bridgehead atoms. The number of halogens is 5. The lowest BCUT2D eigenvalue weighted by atomic mass is 9.81. The van der Waals surface area contributed by atoms with Gasteiger partial charge in [0.05, 0.1) is 0 Å².